The molecule has 0 unspecified atom stereocenters. The van der Waals surface area contributed by atoms with E-state index in [4.69, 9.17) is 4.74 Å². The molecule has 2 aromatic rings. The Balaban J connectivity index is 2.30. The van der Waals surface area contributed by atoms with Crippen molar-refractivity contribution in [2.24, 2.45) is 5.41 Å². The van der Waals surface area contributed by atoms with Crippen LogP contribution in [0.25, 0.3) is 10.9 Å². The number of fused-ring (bicyclic) bond motifs is 2. The Morgan fingerprint density at radius 2 is 2.22 bits per heavy atom. The van der Waals surface area contributed by atoms with Gasteiger partial charge >= 0.3 is 0 Å². The largest absolute Gasteiger partial charge is 0.464 e. The van der Waals surface area contributed by atoms with Gasteiger partial charge in [0.05, 0.1) is 17.5 Å². The van der Waals surface area contributed by atoms with Crippen LogP contribution in [-0.4, -0.2) is 16.2 Å². The third-order valence-electron chi connectivity index (χ3n) is 3.06. The SMILES string of the molecule is CC1(C)COc2nc3cc(Br)ccc3c(=O)n2C1. The highest BCUT2D eigenvalue weighted by Gasteiger charge is 2.28. The lowest BCUT2D eigenvalue weighted by molar-refractivity contribution is 0.0984. The Bertz CT molecular complexity index is 691. The fourth-order valence-corrected chi connectivity index (χ4v) is 2.51. The summed E-state index contributed by atoms with van der Waals surface area (Å²) < 4.78 is 8.13. The Hall–Kier alpha value is -1.36. The number of aromatic nitrogens is 2. The first-order valence-electron chi connectivity index (χ1n) is 5.79. The molecule has 0 radical (unpaired) electrons. The number of rotatable bonds is 0. The van der Waals surface area contributed by atoms with E-state index in [1.165, 1.54) is 0 Å². The highest BCUT2D eigenvalue weighted by atomic mass is 79.9. The summed E-state index contributed by atoms with van der Waals surface area (Å²) in [6, 6.07) is 5.90. The van der Waals surface area contributed by atoms with Crippen molar-refractivity contribution in [2.45, 2.75) is 20.4 Å². The van der Waals surface area contributed by atoms with Gasteiger partial charge in [0.1, 0.15) is 0 Å². The van der Waals surface area contributed by atoms with E-state index in [2.05, 4.69) is 34.8 Å². The van der Waals surface area contributed by atoms with Crippen molar-refractivity contribution >= 4 is 26.8 Å². The fourth-order valence-electron chi connectivity index (χ4n) is 2.16. The van der Waals surface area contributed by atoms with E-state index in [0.717, 1.165) is 4.47 Å². The van der Waals surface area contributed by atoms with Gasteiger partial charge in [0, 0.05) is 16.4 Å². The van der Waals surface area contributed by atoms with Gasteiger partial charge in [-0.2, -0.15) is 4.98 Å². The Morgan fingerprint density at radius 3 is 3.00 bits per heavy atom. The van der Waals surface area contributed by atoms with E-state index in [1.54, 1.807) is 10.6 Å². The molecule has 2 heterocycles. The van der Waals surface area contributed by atoms with Gasteiger partial charge in [-0.15, -0.1) is 0 Å². The fraction of sp³-hybridized carbons (Fsp3) is 0.385. The van der Waals surface area contributed by atoms with Gasteiger partial charge in [-0.1, -0.05) is 29.8 Å². The molecular formula is C13H13BrN2O2. The zero-order valence-corrected chi connectivity index (χ0v) is 11.8. The van der Waals surface area contributed by atoms with Crippen LogP contribution in [0, 0.1) is 5.41 Å². The van der Waals surface area contributed by atoms with Crippen molar-refractivity contribution in [3.8, 4) is 6.01 Å². The minimum atomic E-state index is -0.0401. The van der Waals surface area contributed by atoms with E-state index in [-0.39, 0.29) is 11.0 Å². The van der Waals surface area contributed by atoms with Crippen LogP contribution in [0.1, 0.15) is 13.8 Å². The predicted molar refractivity (Wildman–Crippen MR) is 73.0 cm³/mol. The second-order valence-electron chi connectivity index (χ2n) is 5.40. The maximum absolute atomic E-state index is 12.4. The van der Waals surface area contributed by atoms with Crippen LogP contribution in [0.15, 0.2) is 27.5 Å². The first-order chi connectivity index (χ1) is 8.46. The predicted octanol–water partition coefficient (Wildman–Crippen LogP) is 2.58. The van der Waals surface area contributed by atoms with Crippen molar-refractivity contribution in [1.29, 1.82) is 0 Å². The Kier molecular flexibility index (Phi) is 2.48. The monoisotopic (exact) mass is 308 g/mol. The average molecular weight is 309 g/mol. The first-order valence-corrected chi connectivity index (χ1v) is 6.58. The molecule has 0 N–H and O–H groups in total. The average Bonchev–Trinajstić information content (AvgIpc) is 2.30. The standard InChI is InChI=1S/C13H13BrN2O2/c1-13(2)6-16-11(17)9-4-3-8(14)5-10(9)15-12(16)18-7-13/h3-5H,6-7H2,1-2H3. The van der Waals surface area contributed by atoms with Gasteiger partial charge in [-0.3, -0.25) is 9.36 Å². The summed E-state index contributed by atoms with van der Waals surface area (Å²) in [4.78, 5) is 16.8. The summed E-state index contributed by atoms with van der Waals surface area (Å²) in [5, 5.41) is 0.628. The molecule has 5 heteroatoms. The molecule has 0 bridgehead atoms. The molecule has 0 aliphatic carbocycles. The smallest absolute Gasteiger partial charge is 0.299 e. The van der Waals surface area contributed by atoms with E-state index < -0.39 is 0 Å². The quantitative estimate of drug-likeness (QED) is 0.751. The molecule has 94 valence electrons. The van der Waals surface area contributed by atoms with E-state index in [0.29, 0.717) is 30.1 Å². The normalized spacial score (nSPS) is 17.3. The van der Waals surface area contributed by atoms with E-state index >= 15 is 0 Å². The third kappa shape index (κ3) is 1.82. The van der Waals surface area contributed by atoms with E-state index in [1.807, 2.05) is 12.1 Å². The molecule has 0 saturated carbocycles. The molecule has 4 nitrogen and oxygen atoms in total. The van der Waals surface area contributed by atoms with Crippen LogP contribution >= 0.6 is 15.9 Å². The number of hydrogen-bond acceptors (Lipinski definition) is 3. The molecule has 0 fully saturated rings. The minimum absolute atomic E-state index is 0.0322. The molecule has 0 atom stereocenters. The van der Waals surface area contributed by atoms with Crippen molar-refractivity contribution in [1.82, 2.24) is 9.55 Å². The summed E-state index contributed by atoms with van der Waals surface area (Å²) in [6.45, 7) is 5.38. The molecule has 0 spiro atoms. The molecule has 0 saturated heterocycles. The zero-order valence-electron chi connectivity index (χ0n) is 10.2. The number of hydrogen-bond donors (Lipinski definition) is 0. The summed E-state index contributed by atoms with van der Waals surface area (Å²) in [5.74, 6) is 0. The van der Waals surface area contributed by atoms with Crippen LogP contribution in [0.3, 0.4) is 0 Å². The van der Waals surface area contributed by atoms with Crippen molar-refractivity contribution in [2.75, 3.05) is 6.61 Å². The van der Waals surface area contributed by atoms with Gasteiger partial charge in [-0.25, -0.2) is 0 Å². The molecule has 1 aromatic carbocycles. The molecule has 18 heavy (non-hydrogen) atoms. The van der Waals surface area contributed by atoms with Gasteiger partial charge in [0.15, 0.2) is 0 Å². The molecular weight excluding hydrogens is 296 g/mol. The molecule has 1 aromatic heterocycles. The van der Waals surface area contributed by atoms with Crippen LogP contribution in [-0.2, 0) is 6.54 Å². The van der Waals surface area contributed by atoms with Gasteiger partial charge in [0.2, 0.25) is 0 Å². The molecule has 3 rings (SSSR count). The highest BCUT2D eigenvalue weighted by Crippen LogP contribution is 2.27. The van der Waals surface area contributed by atoms with Gasteiger partial charge in [-0.05, 0) is 18.2 Å². The lowest BCUT2D eigenvalue weighted by atomic mass is 9.94. The number of nitrogens with zero attached hydrogens (tertiary/aromatic N) is 2. The lowest BCUT2D eigenvalue weighted by Crippen LogP contribution is -2.39. The lowest BCUT2D eigenvalue weighted by Gasteiger charge is -2.31. The van der Waals surface area contributed by atoms with E-state index in [9.17, 15) is 4.79 Å². The second-order valence-corrected chi connectivity index (χ2v) is 6.32. The maximum Gasteiger partial charge on any atom is 0.299 e. The highest BCUT2D eigenvalue weighted by molar-refractivity contribution is 9.10. The topological polar surface area (TPSA) is 44.1 Å². The number of ether oxygens (including phenoxy) is 1. The second kappa shape index (κ2) is 3.82. The van der Waals surface area contributed by atoms with Gasteiger partial charge in [0.25, 0.3) is 11.6 Å². The van der Waals surface area contributed by atoms with Crippen LogP contribution in [0.4, 0.5) is 0 Å². The summed E-state index contributed by atoms with van der Waals surface area (Å²) in [7, 11) is 0. The summed E-state index contributed by atoms with van der Waals surface area (Å²) >= 11 is 3.38. The first kappa shape index (κ1) is 11.7. The summed E-state index contributed by atoms with van der Waals surface area (Å²) in [5.41, 5.74) is 0.595. The van der Waals surface area contributed by atoms with Gasteiger partial charge < -0.3 is 4.74 Å². The van der Waals surface area contributed by atoms with Crippen LogP contribution in [0.5, 0.6) is 6.01 Å². The van der Waals surface area contributed by atoms with Crippen molar-refractivity contribution in [3.63, 3.8) is 0 Å². The molecule has 1 aliphatic heterocycles. The maximum atomic E-state index is 12.4. The van der Waals surface area contributed by atoms with Crippen LogP contribution < -0.4 is 10.3 Å². The number of halogens is 1. The van der Waals surface area contributed by atoms with Crippen molar-refractivity contribution < 1.29 is 4.74 Å². The number of benzene rings is 1. The zero-order chi connectivity index (χ0) is 12.9. The minimum Gasteiger partial charge on any atom is -0.464 e. The molecule has 0 amide bonds. The summed E-state index contributed by atoms with van der Waals surface area (Å²) in [6.07, 6.45) is 0. The van der Waals surface area contributed by atoms with Crippen molar-refractivity contribution in [3.05, 3.63) is 33.0 Å². The third-order valence-corrected chi connectivity index (χ3v) is 3.55. The van der Waals surface area contributed by atoms with Crippen LogP contribution in [0.2, 0.25) is 0 Å². The molecule has 1 aliphatic rings. The Morgan fingerprint density at radius 1 is 1.44 bits per heavy atom. The Labute approximate surface area is 113 Å².